The molecular weight excluding hydrogens is 346 g/mol. The van der Waals surface area contributed by atoms with Crippen molar-refractivity contribution in [1.29, 1.82) is 0 Å². The van der Waals surface area contributed by atoms with Crippen LogP contribution in [0.3, 0.4) is 0 Å². The molecule has 1 aromatic carbocycles. The molecule has 1 fully saturated rings. The summed E-state index contributed by atoms with van der Waals surface area (Å²) >= 11 is 0. The molecule has 3 amide bonds. The Bertz CT molecular complexity index is 658. The van der Waals surface area contributed by atoms with E-state index in [9.17, 15) is 14.4 Å². The van der Waals surface area contributed by atoms with E-state index in [1.165, 1.54) is 0 Å². The van der Waals surface area contributed by atoms with Crippen molar-refractivity contribution in [3.8, 4) is 5.75 Å². The zero-order valence-corrected chi connectivity index (χ0v) is 16.3. The average molecular weight is 375 g/mol. The average Bonchev–Trinajstić information content (AvgIpc) is 3.03. The number of likely N-dealkylation sites (tertiary alicyclic amines) is 1. The minimum absolute atomic E-state index is 0.0220. The fourth-order valence-corrected chi connectivity index (χ4v) is 3.06. The number of carbonyl (C=O) groups excluding carboxylic acids is 3. The summed E-state index contributed by atoms with van der Waals surface area (Å²) < 4.78 is 5.37. The van der Waals surface area contributed by atoms with Gasteiger partial charge in [0.15, 0.2) is 0 Å². The lowest BCUT2D eigenvalue weighted by Crippen LogP contribution is -2.39. The summed E-state index contributed by atoms with van der Waals surface area (Å²) in [4.78, 5) is 37.7. The van der Waals surface area contributed by atoms with E-state index in [0.29, 0.717) is 26.2 Å². The molecule has 1 heterocycles. The van der Waals surface area contributed by atoms with Crippen molar-refractivity contribution < 1.29 is 19.1 Å². The topological polar surface area (TPSA) is 87.7 Å². The fourth-order valence-electron chi connectivity index (χ4n) is 3.06. The predicted octanol–water partition coefficient (Wildman–Crippen LogP) is 1.12. The van der Waals surface area contributed by atoms with E-state index in [4.69, 9.17) is 4.74 Å². The Morgan fingerprint density at radius 1 is 1.19 bits per heavy atom. The van der Waals surface area contributed by atoms with Gasteiger partial charge in [-0.2, -0.15) is 0 Å². The highest BCUT2D eigenvalue weighted by atomic mass is 16.5. The number of carbonyl (C=O) groups is 3. The normalized spacial score (nSPS) is 16.5. The molecule has 148 valence electrons. The summed E-state index contributed by atoms with van der Waals surface area (Å²) in [7, 11) is 0. The third-order valence-corrected chi connectivity index (χ3v) is 4.50. The SMILES string of the molecule is CCOc1ccc(CC(=O)NCCNC(=O)C2CC(=O)N(C(C)C)C2)cc1. The molecule has 1 aliphatic heterocycles. The molecule has 7 heteroatoms. The van der Waals surface area contributed by atoms with Crippen molar-refractivity contribution in [3.63, 3.8) is 0 Å². The number of ether oxygens (including phenoxy) is 1. The first-order chi connectivity index (χ1) is 12.9. The van der Waals surface area contributed by atoms with Crippen molar-refractivity contribution in [2.24, 2.45) is 5.92 Å². The first-order valence-corrected chi connectivity index (χ1v) is 9.46. The van der Waals surface area contributed by atoms with Gasteiger partial charge >= 0.3 is 0 Å². The van der Waals surface area contributed by atoms with Crippen LogP contribution in [0.2, 0.25) is 0 Å². The minimum Gasteiger partial charge on any atom is -0.494 e. The molecule has 0 radical (unpaired) electrons. The standard InChI is InChI=1S/C20H29N3O4/c1-4-27-17-7-5-15(6-8-17)11-18(24)21-9-10-22-20(26)16-12-19(25)23(13-16)14(2)3/h5-8,14,16H,4,9-13H2,1-3H3,(H,21,24)(H,22,26). The Balaban J connectivity index is 1.65. The van der Waals surface area contributed by atoms with Crippen LogP contribution in [0, 0.1) is 5.92 Å². The van der Waals surface area contributed by atoms with Crippen molar-refractivity contribution in [2.75, 3.05) is 26.2 Å². The third-order valence-electron chi connectivity index (χ3n) is 4.50. The van der Waals surface area contributed by atoms with E-state index in [1.54, 1.807) is 4.90 Å². The quantitative estimate of drug-likeness (QED) is 0.633. The van der Waals surface area contributed by atoms with Gasteiger partial charge in [-0.1, -0.05) is 12.1 Å². The van der Waals surface area contributed by atoms with Crippen LogP contribution >= 0.6 is 0 Å². The summed E-state index contributed by atoms with van der Waals surface area (Å²) in [6.45, 7) is 7.58. The monoisotopic (exact) mass is 375 g/mol. The van der Waals surface area contributed by atoms with Crippen molar-refractivity contribution >= 4 is 17.7 Å². The Morgan fingerprint density at radius 3 is 2.44 bits per heavy atom. The largest absolute Gasteiger partial charge is 0.494 e. The van der Waals surface area contributed by atoms with Gasteiger partial charge in [0.05, 0.1) is 18.9 Å². The maximum Gasteiger partial charge on any atom is 0.225 e. The van der Waals surface area contributed by atoms with Crippen molar-refractivity contribution in [1.82, 2.24) is 15.5 Å². The van der Waals surface area contributed by atoms with Crippen LogP contribution in [-0.2, 0) is 20.8 Å². The van der Waals surface area contributed by atoms with E-state index in [1.807, 2.05) is 45.0 Å². The molecule has 0 bridgehead atoms. The van der Waals surface area contributed by atoms with Gasteiger partial charge in [-0.3, -0.25) is 14.4 Å². The molecule has 2 rings (SSSR count). The number of benzene rings is 1. The lowest BCUT2D eigenvalue weighted by molar-refractivity contribution is -0.129. The van der Waals surface area contributed by atoms with Crippen LogP contribution in [0.4, 0.5) is 0 Å². The predicted molar refractivity (Wildman–Crippen MR) is 102 cm³/mol. The number of amides is 3. The molecule has 27 heavy (non-hydrogen) atoms. The lowest BCUT2D eigenvalue weighted by Gasteiger charge is -2.20. The number of hydrogen-bond acceptors (Lipinski definition) is 4. The van der Waals surface area contributed by atoms with Crippen molar-refractivity contribution in [2.45, 2.75) is 39.7 Å². The summed E-state index contributed by atoms with van der Waals surface area (Å²) in [5, 5.41) is 5.59. The molecule has 0 spiro atoms. The third kappa shape index (κ3) is 6.27. The lowest BCUT2D eigenvalue weighted by atomic mass is 10.1. The molecule has 7 nitrogen and oxygen atoms in total. The first-order valence-electron chi connectivity index (χ1n) is 9.46. The van der Waals surface area contributed by atoms with E-state index in [-0.39, 0.29) is 42.5 Å². The van der Waals surface area contributed by atoms with Gasteiger partial charge in [-0.05, 0) is 38.5 Å². The van der Waals surface area contributed by atoms with Gasteiger partial charge in [-0.15, -0.1) is 0 Å². The molecule has 0 aromatic heterocycles. The molecular formula is C20H29N3O4. The Morgan fingerprint density at radius 2 is 1.85 bits per heavy atom. The number of rotatable bonds is 9. The zero-order chi connectivity index (χ0) is 19.8. The summed E-state index contributed by atoms with van der Waals surface area (Å²) in [6.07, 6.45) is 0.537. The van der Waals surface area contributed by atoms with Crippen LogP contribution < -0.4 is 15.4 Å². The van der Waals surface area contributed by atoms with Crippen molar-refractivity contribution in [3.05, 3.63) is 29.8 Å². The molecule has 1 unspecified atom stereocenters. The Kier molecular flexibility index (Phi) is 7.64. The second-order valence-electron chi connectivity index (χ2n) is 6.94. The Hall–Kier alpha value is -2.57. The summed E-state index contributed by atoms with van der Waals surface area (Å²) in [6, 6.07) is 7.52. The van der Waals surface area contributed by atoms with Gasteiger partial charge in [0.25, 0.3) is 0 Å². The number of hydrogen-bond donors (Lipinski definition) is 2. The van der Waals surface area contributed by atoms with E-state index in [2.05, 4.69) is 10.6 Å². The molecule has 1 saturated heterocycles. The molecule has 0 saturated carbocycles. The molecule has 2 N–H and O–H groups in total. The highest BCUT2D eigenvalue weighted by Gasteiger charge is 2.35. The smallest absolute Gasteiger partial charge is 0.225 e. The van der Waals surface area contributed by atoms with Crippen LogP contribution in [0.1, 0.15) is 32.8 Å². The minimum atomic E-state index is -0.306. The maximum atomic E-state index is 12.2. The highest BCUT2D eigenvalue weighted by Crippen LogP contribution is 2.20. The van der Waals surface area contributed by atoms with Gasteiger partial charge in [0.2, 0.25) is 17.7 Å². The van der Waals surface area contributed by atoms with Crippen LogP contribution in [0.5, 0.6) is 5.75 Å². The maximum absolute atomic E-state index is 12.2. The highest BCUT2D eigenvalue weighted by molar-refractivity contribution is 5.89. The number of nitrogens with zero attached hydrogens (tertiary/aromatic N) is 1. The second-order valence-corrected chi connectivity index (χ2v) is 6.94. The second kappa shape index (κ2) is 9.94. The first kappa shape index (κ1) is 20.7. The Labute approximate surface area is 160 Å². The van der Waals surface area contributed by atoms with Crippen LogP contribution in [0.15, 0.2) is 24.3 Å². The molecule has 1 atom stereocenters. The van der Waals surface area contributed by atoms with Gasteiger partial charge in [-0.25, -0.2) is 0 Å². The summed E-state index contributed by atoms with van der Waals surface area (Å²) in [5.41, 5.74) is 0.901. The van der Waals surface area contributed by atoms with Crippen LogP contribution in [0.25, 0.3) is 0 Å². The summed E-state index contributed by atoms with van der Waals surface area (Å²) in [5.74, 6) is 0.266. The number of nitrogens with one attached hydrogen (secondary N) is 2. The van der Waals surface area contributed by atoms with Gasteiger partial charge in [0.1, 0.15) is 5.75 Å². The van der Waals surface area contributed by atoms with E-state index >= 15 is 0 Å². The van der Waals surface area contributed by atoms with Crippen LogP contribution in [-0.4, -0.2) is 54.9 Å². The molecule has 1 aliphatic rings. The molecule has 1 aromatic rings. The van der Waals surface area contributed by atoms with Gasteiger partial charge < -0.3 is 20.3 Å². The van der Waals surface area contributed by atoms with E-state index < -0.39 is 0 Å². The van der Waals surface area contributed by atoms with Gasteiger partial charge in [0, 0.05) is 32.1 Å². The zero-order valence-electron chi connectivity index (χ0n) is 16.3. The van der Waals surface area contributed by atoms with E-state index in [0.717, 1.165) is 11.3 Å². The fraction of sp³-hybridized carbons (Fsp3) is 0.550. The molecule has 0 aliphatic carbocycles.